The van der Waals surface area contributed by atoms with Gasteiger partial charge in [-0.1, -0.05) is 33.6 Å². The lowest BCUT2D eigenvalue weighted by molar-refractivity contribution is -0.138. The third-order valence-corrected chi connectivity index (χ3v) is 3.52. The first-order valence-electron chi connectivity index (χ1n) is 9.39. The van der Waals surface area contributed by atoms with E-state index in [1.54, 1.807) is 0 Å². The average Bonchev–Trinajstić information content (AvgIpc) is 3.06. The van der Waals surface area contributed by atoms with E-state index in [9.17, 15) is 14.4 Å². The summed E-state index contributed by atoms with van der Waals surface area (Å²) in [5, 5.41) is 0. The fraction of sp³-hybridized carbons (Fsp3) is 0.842. The first-order chi connectivity index (χ1) is 11.7. The Labute approximate surface area is 153 Å². The molecule has 25 heavy (non-hydrogen) atoms. The van der Waals surface area contributed by atoms with Crippen LogP contribution in [0.15, 0.2) is 0 Å². The molecule has 1 aliphatic rings. The van der Waals surface area contributed by atoms with Gasteiger partial charge in [0.2, 0.25) is 11.8 Å². The SMILES string of the molecule is CC.CC(C)(C)OC=O.CCCCC(CC(N)=O)C(=O)N1CCCC1. The number of unbranched alkanes of at least 4 members (excludes halogenated alkanes) is 1. The molecule has 2 amide bonds. The van der Waals surface area contributed by atoms with Crippen LogP contribution in [0.1, 0.15) is 80.1 Å². The van der Waals surface area contributed by atoms with Crippen molar-refractivity contribution in [1.82, 2.24) is 4.90 Å². The Morgan fingerprint density at radius 1 is 1.20 bits per heavy atom. The summed E-state index contributed by atoms with van der Waals surface area (Å²) in [7, 11) is 0. The molecule has 6 heteroatoms. The largest absolute Gasteiger partial charge is 0.462 e. The molecular formula is C19H38N2O4. The van der Waals surface area contributed by atoms with Gasteiger partial charge >= 0.3 is 0 Å². The van der Waals surface area contributed by atoms with Crippen LogP contribution in [0, 0.1) is 5.92 Å². The number of likely N-dealkylation sites (tertiary alicyclic amines) is 1. The first kappa shape index (κ1) is 25.6. The van der Waals surface area contributed by atoms with Gasteiger partial charge < -0.3 is 15.4 Å². The van der Waals surface area contributed by atoms with E-state index < -0.39 is 0 Å². The fourth-order valence-corrected chi connectivity index (χ4v) is 2.35. The molecule has 0 saturated carbocycles. The van der Waals surface area contributed by atoms with Crippen LogP contribution in [0.4, 0.5) is 0 Å². The topological polar surface area (TPSA) is 89.7 Å². The second-order valence-electron chi connectivity index (χ2n) is 6.87. The van der Waals surface area contributed by atoms with Crippen molar-refractivity contribution < 1.29 is 19.1 Å². The lowest BCUT2D eigenvalue weighted by Crippen LogP contribution is -2.35. The highest BCUT2D eigenvalue weighted by Gasteiger charge is 2.27. The summed E-state index contributed by atoms with van der Waals surface area (Å²) in [5.41, 5.74) is 4.87. The summed E-state index contributed by atoms with van der Waals surface area (Å²) in [6.45, 7) is 13.7. The lowest BCUT2D eigenvalue weighted by Gasteiger charge is -2.22. The van der Waals surface area contributed by atoms with Crippen LogP contribution >= 0.6 is 0 Å². The third kappa shape index (κ3) is 14.5. The number of carbonyl (C=O) groups excluding carboxylic acids is 3. The summed E-state index contributed by atoms with van der Waals surface area (Å²) in [6, 6.07) is 0. The minimum Gasteiger partial charge on any atom is -0.462 e. The van der Waals surface area contributed by atoms with Gasteiger partial charge in [0.15, 0.2) is 0 Å². The van der Waals surface area contributed by atoms with Gasteiger partial charge in [-0.15, -0.1) is 0 Å². The Morgan fingerprint density at radius 2 is 1.72 bits per heavy atom. The standard InChI is InChI=1S/C12H22N2O2.C5H10O2.C2H6/c1-2-3-6-10(9-11(13)15)12(16)14-7-4-5-8-14;1-5(2,3)7-4-6;1-2/h10H,2-9H2,1H3,(H2,13,15);4H,1-3H3;1-2H3. The van der Waals surface area contributed by atoms with Crippen molar-refractivity contribution in [2.75, 3.05) is 13.1 Å². The predicted molar refractivity (Wildman–Crippen MR) is 101 cm³/mol. The lowest BCUT2D eigenvalue weighted by atomic mass is 9.96. The maximum absolute atomic E-state index is 12.1. The average molecular weight is 359 g/mol. The molecule has 0 aromatic heterocycles. The van der Waals surface area contributed by atoms with Gasteiger partial charge in [-0.25, -0.2) is 0 Å². The van der Waals surface area contributed by atoms with Crippen molar-refractivity contribution in [3.63, 3.8) is 0 Å². The predicted octanol–water partition coefficient (Wildman–Crippen LogP) is 3.27. The molecule has 0 aromatic rings. The zero-order valence-electron chi connectivity index (χ0n) is 17.0. The highest BCUT2D eigenvalue weighted by atomic mass is 16.5. The smallest absolute Gasteiger partial charge is 0.293 e. The van der Waals surface area contributed by atoms with Gasteiger partial charge in [-0.3, -0.25) is 14.4 Å². The molecule has 1 saturated heterocycles. The molecule has 1 unspecified atom stereocenters. The molecule has 1 atom stereocenters. The van der Waals surface area contributed by atoms with E-state index in [2.05, 4.69) is 11.7 Å². The van der Waals surface area contributed by atoms with Gasteiger partial charge in [-0.05, 0) is 40.0 Å². The van der Waals surface area contributed by atoms with Crippen molar-refractivity contribution in [3.8, 4) is 0 Å². The monoisotopic (exact) mass is 358 g/mol. The van der Waals surface area contributed by atoms with Gasteiger partial charge in [0.1, 0.15) is 5.60 Å². The fourth-order valence-electron chi connectivity index (χ4n) is 2.35. The number of hydrogen-bond acceptors (Lipinski definition) is 4. The summed E-state index contributed by atoms with van der Waals surface area (Å²) in [5.74, 6) is -0.422. The summed E-state index contributed by atoms with van der Waals surface area (Å²) >= 11 is 0. The van der Waals surface area contributed by atoms with Crippen molar-refractivity contribution in [2.24, 2.45) is 11.7 Å². The minimum atomic E-state index is -0.367. The van der Waals surface area contributed by atoms with E-state index >= 15 is 0 Å². The van der Waals surface area contributed by atoms with Crippen LogP contribution in [-0.4, -0.2) is 41.9 Å². The zero-order valence-corrected chi connectivity index (χ0v) is 17.0. The highest BCUT2D eigenvalue weighted by molar-refractivity contribution is 5.85. The first-order valence-corrected chi connectivity index (χ1v) is 9.39. The normalized spacial score (nSPS) is 14.4. The Hall–Kier alpha value is -1.59. The quantitative estimate of drug-likeness (QED) is 0.707. The van der Waals surface area contributed by atoms with Crippen molar-refractivity contribution in [1.29, 1.82) is 0 Å². The Kier molecular flexibility index (Phi) is 15.1. The van der Waals surface area contributed by atoms with Gasteiger partial charge in [0, 0.05) is 25.4 Å². The molecule has 2 N–H and O–H groups in total. The molecule has 1 rings (SSSR count). The number of nitrogens with two attached hydrogens (primary N) is 1. The van der Waals surface area contributed by atoms with Gasteiger partial charge in [0.25, 0.3) is 6.47 Å². The molecule has 0 radical (unpaired) electrons. The van der Waals surface area contributed by atoms with Crippen LogP contribution in [0.2, 0.25) is 0 Å². The van der Waals surface area contributed by atoms with E-state index in [1.165, 1.54) is 0 Å². The number of rotatable bonds is 7. The van der Waals surface area contributed by atoms with Crippen LogP contribution in [-0.2, 0) is 19.1 Å². The van der Waals surface area contributed by atoms with E-state index in [-0.39, 0.29) is 29.8 Å². The second-order valence-corrected chi connectivity index (χ2v) is 6.87. The van der Waals surface area contributed by atoms with Crippen LogP contribution < -0.4 is 5.73 Å². The molecule has 6 nitrogen and oxygen atoms in total. The number of nitrogens with zero attached hydrogens (tertiary/aromatic N) is 1. The van der Waals surface area contributed by atoms with Crippen LogP contribution in [0.3, 0.4) is 0 Å². The van der Waals surface area contributed by atoms with Crippen LogP contribution in [0.5, 0.6) is 0 Å². The highest BCUT2D eigenvalue weighted by Crippen LogP contribution is 2.19. The summed E-state index contributed by atoms with van der Waals surface area (Å²) in [4.78, 5) is 34.5. The maximum atomic E-state index is 12.1. The number of hydrogen-bond donors (Lipinski definition) is 1. The number of carbonyl (C=O) groups is 3. The van der Waals surface area contributed by atoms with Crippen LogP contribution in [0.25, 0.3) is 0 Å². The van der Waals surface area contributed by atoms with Crippen molar-refractivity contribution in [2.45, 2.75) is 85.7 Å². The molecular weight excluding hydrogens is 320 g/mol. The van der Waals surface area contributed by atoms with E-state index in [0.29, 0.717) is 6.47 Å². The maximum Gasteiger partial charge on any atom is 0.293 e. The summed E-state index contributed by atoms with van der Waals surface area (Å²) < 4.78 is 4.55. The second kappa shape index (κ2) is 14.7. The van der Waals surface area contributed by atoms with Crippen molar-refractivity contribution >= 4 is 18.3 Å². The molecule has 1 aliphatic heterocycles. The zero-order chi connectivity index (χ0) is 19.9. The van der Waals surface area contributed by atoms with Gasteiger partial charge in [0.05, 0.1) is 0 Å². The number of primary amides is 1. The molecule has 0 spiro atoms. The van der Waals surface area contributed by atoms with Crippen molar-refractivity contribution in [3.05, 3.63) is 0 Å². The number of ether oxygens (including phenoxy) is 1. The Bertz CT molecular complexity index is 372. The minimum absolute atomic E-state index is 0.129. The summed E-state index contributed by atoms with van der Waals surface area (Å²) in [6.07, 6.45) is 5.19. The van der Waals surface area contributed by atoms with E-state index in [1.807, 2.05) is 39.5 Å². The number of amides is 2. The molecule has 0 aliphatic carbocycles. The Balaban J connectivity index is 0. The van der Waals surface area contributed by atoms with Gasteiger partial charge in [-0.2, -0.15) is 0 Å². The third-order valence-electron chi connectivity index (χ3n) is 3.52. The van der Waals surface area contributed by atoms with E-state index in [4.69, 9.17) is 5.73 Å². The molecule has 0 aromatic carbocycles. The van der Waals surface area contributed by atoms with E-state index in [0.717, 1.165) is 45.2 Å². The molecule has 1 heterocycles. The molecule has 148 valence electrons. The molecule has 0 bridgehead atoms. The molecule has 1 fully saturated rings. The Morgan fingerprint density at radius 3 is 2.04 bits per heavy atom.